The average molecular weight is 272 g/mol. The van der Waals surface area contributed by atoms with Gasteiger partial charge in [-0.2, -0.15) is 0 Å². The minimum absolute atomic E-state index is 0.132. The van der Waals surface area contributed by atoms with Gasteiger partial charge in [0.05, 0.1) is 19.3 Å². The summed E-state index contributed by atoms with van der Waals surface area (Å²) in [6.07, 6.45) is 3.76. The molecule has 1 fully saturated rings. The molecule has 0 saturated carbocycles. The topological polar surface area (TPSA) is 44.7 Å². The van der Waals surface area contributed by atoms with Crippen molar-refractivity contribution < 1.29 is 9.84 Å². The predicted octanol–water partition coefficient (Wildman–Crippen LogP) is 1.63. The predicted molar refractivity (Wildman–Crippen MR) is 79.5 cm³/mol. The largest absolute Gasteiger partial charge is 0.394 e. The third-order valence-electron chi connectivity index (χ3n) is 3.76. The van der Waals surface area contributed by atoms with E-state index in [2.05, 4.69) is 37.9 Å². The van der Waals surface area contributed by atoms with Gasteiger partial charge in [-0.3, -0.25) is 4.90 Å². The van der Waals surface area contributed by atoms with Gasteiger partial charge < -0.3 is 15.2 Å². The lowest BCUT2D eigenvalue weighted by Crippen LogP contribution is -2.49. The van der Waals surface area contributed by atoms with E-state index in [1.165, 1.54) is 6.42 Å². The third-order valence-corrected chi connectivity index (χ3v) is 3.76. The first-order valence-electron chi connectivity index (χ1n) is 7.68. The van der Waals surface area contributed by atoms with Gasteiger partial charge in [0.1, 0.15) is 0 Å². The van der Waals surface area contributed by atoms with Gasteiger partial charge in [-0.05, 0) is 33.2 Å². The number of aliphatic hydroxyl groups is 1. The molecule has 0 amide bonds. The zero-order valence-electron chi connectivity index (χ0n) is 13.1. The molecule has 0 aromatic rings. The van der Waals surface area contributed by atoms with Crippen molar-refractivity contribution in [1.29, 1.82) is 0 Å². The summed E-state index contributed by atoms with van der Waals surface area (Å²) in [7, 11) is 0. The van der Waals surface area contributed by atoms with E-state index < -0.39 is 0 Å². The summed E-state index contributed by atoms with van der Waals surface area (Å²) in [5, 5.41) is 13.0. The Kier molecular flexibility index (Phi) is 7.29. The van der Waals surface area contributed by atoms with Crippen LogP contribution in [0.1, 0.15) is 47.0 Å². The fourth-order valence-corrected chi connectivity index (χ4v) is 2.84. The fraction of sp³-hybridized carbons (Fsp3) is 1.00. The fourth-order valence-electron chi connectivity index (χ4n) is 2.84. The number of unbranched alkanes of at least 4 members (excludes halogenated alkanes) is 1. The van der Waals surface area contributed by atoms with E-state index in [-0.39, 0.29) is 12.1 Å². The number of hydrogen-bond donors (Lipinski definition) is 2. The van der Waals surface area contributed by atoms with Gasteiger partial charge in [0, 0.05) is 24.7 Å². The van der Waals surface area contributed by atoms with Crippen molar-refractivity contribution in [1.82, 2.24) is 10.2 Å². The van der Waals surface area contributed by atoms with Crippen molar-refractivity contribution in [3.05, 3.63) is 0 Å². The van der Waals surface area contributed by atoms with E-state index >= 15 is 0 Å². The Morgan fingerprint density at radius 3 is 2.74 bits per heavy atom. The summed E-state index contributed by atoms with van der Waals surface area (Å²) >= 11 is 0. The van der Waals surface area contributed by atoms with Crippen molar-refractivity contribution in [2.24, 2.45) is 0 Å². The number of aliphatic hydroxyl groups excluding tert-OH is 1. The molecule has 2 atom stereocenters. The Bertz CT molecular complexity index is 248. The van der Waals surface area contributed by atoms with Crippen LogP contribution in [0.25, 0.3) is 0 Å². The molecule has 1 heterocycles. The SMILES string of the molecule is CC(C)NC(C)(CO)CCCCN1CCOC(C)C1. The van der Waals surface area contributed by atoms with E-state index in [0.717, 1.165) is 39.1 Å². The van der Waals surface area contributed by atoms with Crippen molar-refractivity contribution >= 4 is 0 Å². The zero-order valence-corrected chi connectivity index (χ0v) is 13.1. The second-order valence-corrected chi connectivity index (χ2v) is 6.46. The maximum atomic E-state index is 9.53. The minimum Gasteiger partial charge on any atom is -0.394 e. The zero-order chi connectivity index (χ0) is 14.3. The first-order valence-corrected chi connectivity index (χ1v) is 7.68. The van der Waals surface area contributed by atoms with Crippen LogP contribution in [0.4, 0.5) is 0 Å². The molecule has 0 spiro atoms. The van der Waals surface area contributed by atoms with Crippen LogP contribution in [-0.2, 0) is 4.74 Å². The van der Waals surface area contributed by atoms with Gasteiger partial charge in [0.2, 0.25) is 0 Å². The number of morpholine rings is 1. The second kappa shape index (κ2) is 8.20. The molecule has 114 valence electrons. The molecule has 0 bridgehead atoms. The molecular formula is C15H32N2O2. The summed E-state index contributed by atoms with van der Waals surface area (Å²) in [5.74, 6) is 0. The van der Waals surface area contributed by atoms with Gasteiger partial charge in [-0.1, -0.05) is 20.3 Å². The van der Waals surface area contributed by atoms with Crippen molar-refractivity contribution in [3.8, 4) is 0 Å². The molecule has 1 saturated heterocycles. The highest BCUT2D eigenvalue weighted by molar-refractivity contribution is 4.83. The van der Waals surface area contributed by atoms with Crippen LogP contribution in [0.2, 0.25) is 0 Å². The Balaban J connectivity index is 2.18. The Morgan fingerprint density at radius 2 is 2.16 bits per heavy atom. The van der Waals surface area contributed by atoms with Gasteiger partial charge in [-0.15, -0.1) is 0 Å². The number of nitrogens with one attached hydrogen (secondary N) is 1. The Hall–Kier alpha value is -0.160. The molecule has 0 aromatic carbocycles. The summed E-state index contributed by atoms with van der Waals surface area (Å²) in [6, 6.07) is 0.414. The average Bonchev–Trinajstić information content (AvgIpc) is 2.34. The Morgan fingerprint density at radius 1 is 1.42 bits per heavy atom. The highest BCUT2D eigenvalue weighted by Crippen LogP contribution is 2.15. The molecule has 0 aliphatic carbocycles. The highest BCUT2D eigenvalue weighted by atomic mass is 16.5. The van der Waals surface area contributed by atoms with Crippen LogP contribution in [0.3, 0.4) is 0 Å². The highest BCUT2D eigenvalue weighted by Gasteiger charge is 2.23. The molecule has 2 N–H and O–H groups in total. The number of hydrogen-bond acceptors (Lipinski definition) is 4. The van der Waals surface area contributed by atoms with Crippen LogP contribution < -0.4 is 5.32 Å². The molecule has 19 heavy (non-hydrogen) atoms. The standard InChI is InChI=1S/C15H32N2O2/c1-13(2)16-15(4,12-18)7-5-6-8-17-9-10-19-14(3)11-17/h13-14,16,18H,5-12H2,1-4H3. The third kappa shape index (κ3) is 6.70. The molecule has 4 nitrogen and oxygen atoms in total. The molecule has 0 aromatic heterocycles. The number of ether oxygens (including phenoxy) is 1. The first-order chi connectivity index (χ1) is 8.95. The number of rotatable bonds is 8. The van der Waals surface area contributed by atoms with Crippen molar-refractivity contribution in [3.63, 3.8) is 0 Å². The van der Waals surface area contributed by atoms with Gasteiger partial charge in [0.15, 0.2) is 0 Å². The molecule has 4 heteroatoms. The molecule has 2 unspecified atom stereocenters. The van der Waals surface area contributed by atoms with Gasteiger partial charge >= 0.3 is 0 Å². The lowest BCUT2D eigenvalue weighted by atomic mass is 9.94. The maximum absolute atomic E-state index is 9.53. The van der Waals surface area contributed by atoms with Gasteiger partial charge in [0.25, 0.3) is 0 Å². The van der Waals surface area contributed by atoms with Crippen LogP contribution in [0.15, 0.2) is 0 Å². The summed E-state index contributed by atoms with van der Waals surface area (Å²) in [4.78, 5) is 2.49. The molecule has 1 rings (SSSR count). The first kappa shape index (κ1) is 16.9. The quantitative estimate of drug-likeness (QED) is 0.659. The molecule has 1 aliphatic rings. The minimum atomic E-state index is -0.132. The van der Waals surface area contributed by atoms with Crippen LogP contribution >= 0.6 is 0 Å². The maximum Gasteiger partial charge on any atom is 0.0674 e. The van der Waals surface area contributed by atoms with E-state index in [9.17, 15) is 5.11 Å². The second-order valence-electron chi connectivity index (χ2n) is 6.46. The lowest BCUT2D eigenvalue weighted by Gasteiger charge is -2.33. The summed E-state index contributed by atoms with van der Waals surface area (Å²) in [5.41, 5.74) is -0.132. The normalized spacial score (nSPS) is 24.6. The monoisotopic (exact) mass is 272 g/mol. The Labute approximate surface area is 118 Å². The summed E-state index contributed by atoms with van der Waals surface area (Å²) in [6.45, 7) is 12.9. The lowest BCUT2D eigenvalue weighted by molar-refractivity contribution is -0.0188. The van der Waals surface area contributed by atoms with E-state index in [1.54, 1.807) is 0 Å². The van der Waals surface area contributed by atoms with Crippen LogP contribution in [0.5, 0.6) is 0 Å². The van der Waals surface area contributed by atoms with Crippen LogP contribution in [0, 0.1) is 0 Å². The molecule has 0 radical (unpaired) electrons. The van der Waals surface area contributed by atoms with Crippen molar-refractivity contribution in [2.75, 3.05) is 32.8 Å². The van der Waals surface area contributed by atoms with E-state index in [4.69, 9.17) is 4.74 Å². The summed E-state index contributed by atoms with van der Waals surface area (Å²) < 4.78 is 5.55. The van der Waals surface area contributed by atoms with E-state index in [1.807, 2.05) is 0 Å². The van der Waals surface area contributed by atoms with Gasteiger partial charge in [-0.25, -0.2) is 0 Å². The molecule has 1 aliphatic heterocycles. The number of nitrogens with zero attached hydrogens (tertiary/aromatic N) is 1. The molecular weight excluding hydrogens is 240 g/mol. The smallest absolute Gasteiger partial charge is 0.0674 e. The van der Waals surface area contributed by atoms with E-state index in [0.29, 0.717) is 12.1 Å². The van der Waals surface area contributed by atoms with Crippen molar-refractivity contribution in [2.45, 2.75) is 64.6 Å². The van der Waals surface area contributed by atoms with Crippen LogP contribution in [-0.4, -0.2) is 60.5 Å².